The molecule has 1 aromatic rings. The predicted molar refractivity (Wildman–Crippen MR) is 73.2 cm³/mol. The number of hydrogen-bond donors (Lipinski definition) is 2. The molecule has 0 bridgehead atoms. The second-order valence-electron chi connectivity index (χ2n) is 4.32. The van der Waals surface area contributed by atoms with Crippen molar-refractivity contribution in [3.05, 3.63) is 6.20 Å². The molecule has 0 aromatic carbocycles. The summed E-state index contributed by atoms with van der Waals surface area (Å²) >= 11 is 0. The van der Waals surface area contributed by atoms with E-state index in [2.05, 4.69) is 9.82 Å². The molecule has 3 N–H and O–H groups in total. The van der Waals surface area contributed by atoms with Gasteiger partial charge in [-0.2, -0.15) is 5.10 Å². The highest BCUT2D eigenvalue weighted by molar-refractivity contribution is 7.89. The number of anilines is 1. The van der Waals surface area contributed by atoms with Crippen molar-refractivity contribution in [1.82, 2.24) is 14.5 Å². The minimum absolute atomic E-state index is 0.0179. The lowest BCUT2D eigenvalue weighted by Crippen LogP contribution is -2.36. The van der Waals surface area contributed by atoms with Crippen LogP contribution in [0.4, 0.5) is 5.82 Å². The third-order valence-corrected chi connectivity index (χ3v) is 4.03. The van der Waals surface area contributed by atoms with E-state index in [1.54, 1.807) is 6.92 Å². The van der Waals surface area contributed by atoms with E-state index in [9.17, 15) is 8.42 Å². The number of rotatable bonds is 8. The van der Waals surface area contributed by atoms with Crippen molar-refractivity contribution < 1.29 is 13.2 Å². The molecule has 7 nitrogen and oxygen atoms in total. The summed E-state index contributed by atoms with van der Waals surface area (Å²) in [5.74, 6) is 0.0181. The molecule has 8 heteroatoms. The van der Waals surface area contributed by atoms with Gasteiger partial charge in [-0.1, -0.05) is 6.92 Å². The fourth-order valence-electron chi connectivity index (χ4n) is 1.63. The second-order valence-corrected chi connectivity index (χ2v) is 6.01. The van der Waals surface area contributed by atoms with Crippen molar-refractivity contribution in [3.8, 4) is 0 Å². The van der Waals surface area contributed by atoms with Crippen LogP contribution >= 0.6 is 0 Å². The van der Waals surface area contributed by atoms with Crippen molar-refractivity contribution in [3.63, 3.8) is 0 Å². The molecule has 1 unspecified atom stereocenters. The molecule has 1 aromatic heterocycles. The zero-order valence-corrected chi connectivity index (χ0v) is 12.4. The van der Waals surface area contributed by atoms with Crippen molar-refractivity contribution in [2.75, 3.05) is 18.9 Å². The Balaban J connectivity index is 2.82. The number of nitrogens with two attached hydrogens (primary N) is 1. The highest BCUT2D eigenvalue weighted by Crippen LogP contribution is 2.16. The van der Waals surface area contributed by atoms with Crippen LogP contribution in [-0.2, 0) is 21.3 Å². The first-order valence-corrected chi connectivity index (χ1v) is 7.82. The van der Waals surface area contributed by atoms with Gasteiger partial charge in [0.15, 0.2) is 5.82 Å². The Bertz CT molecular complexity index is 498. The quantitative estimate of drug-likeness (QED) is 0.729. The van der Waals surface area contributed by atoms with Gasteiger partial charge in [0.25, 0.3) is 0 Å². The Kier molecular flexibility index (Phi) is 5.77. The Morgan fingerprint density at radius 3 is 2.79 bits per heavy atom. The van der Waals surface area contributed by atoms with Gasteiger partial charge >= 0.3 is 0 Å². The summed E-state index contributed by atoms with van der Waals surface area (Å²) in [5.41, 5.74) is 5.65. The molecule has 0 radical (unpaired) electrons. The van der Waals surface area contributed by atoms with Gasteiger partial charge in [0.2, 0.25) is 10.0 Å². The molecule has 0 saturated carbocycles. The van der Waals surface area contributed by atoms with Crippen LogP contribution in [0.3, 0.4) is 0 Å². The van der Waals surface area contributed by atoms with Crippen molar-refractivity contribution in [1.29, 1.82) is 0 Å². The monoisotopic (exact) mass is 290 g/mol. The van der Waals surface area contributed by atoms with Crippen molar-refractivity contribution >= 4 is 15.8 Å². The first kappa shape index (κ1) is 15.9. The number of nitrogens with one attached hydrogen (secondary N) is 1. The van der Waals surface area contributed by atoms with Crippen LogP contribution in [0.5, 0.6) is 0 Å². The van der Waals surface area contributed by atoms with Crippen LogP contribution in [0.15, 0.2) is 11.1 Å². The average molecular weight is 290 g/mol. The molecule has 0 amide bonds. The van der Waals surface area contributed by atoms with E-state index in [4.69, 9.17) is 10.5 Å². The van der Waals surface area contributed by atoms with Crippen LogP contribution in [0.25, 0.3) is 0 Å². The number of nitrogen functional groups attached to an aromatic ring is 1. The van der Waals surface area contributed by atoms with E-state index in [1.165, 1.54) is 10.9 Å². The van der Waals surface area contributed by atoms with Gasteiger partial charge in [-0.3, -0.25) is 4.68 Å². The van der Waals surface area contributed by atoms with Crippen LogP contribution in [-0.4, -0.2) is 37.5 Å². The molecule has 19 heavy (non-hydrogen) atoms. The van der Waals surface area contributed by atoms with Crippen LogP contribution < -0.4 is 10.5 Å². The molecule has 110 valence electrons. The lowest BCUT2D eigenvalue weighted by Gasteiger charge is -2.13. The molecule has 1 heterocycles. The summed E-state index contributed by atoms with van der Waals surface area (Å²) in [5, 5.41) is 3.98. The Hall–Kier alpha value is -1.12. The summed E-state index contributed by atoms with van der Waals surface area (Å²) < 4.78 is 33.5. The Labute approximate surface area is 114 Å². The smallest absolute Gasteiger partial charge is 0.246 e. The number of aromatic nitrogens is 2. The molecule has 0 fully saturated rings. The van der Waals surface area contributed by atoms with Crippen molar-refractivity contribution in [2.45, 2.75) is 44.7 Å². The predicted octanol–water partition coefficient (Wildman–Crippen LogP) is 0.579. The van der Waals surface area contributed by atoms with Gasteiger partial charge < -0.3 is 10.5 Å². The molecule has 0 aliphatic carbocycles. The Morgan fingerprint density at radius 2 is 2.21 bits per heavy atom. The molecule has 0 aliphatic heterocycles. The van der Waals surface area contributed by atoms with Crippen molar-refractivity contribution in [2.24, 2.45) is 0 Å². The van der Waals surface area contributed by atoms with E-state index in [0.29, 0.717) is 19.8 Å². The van der Waals surface area contributed by atoms with Gasteiger partial charge in [0.05, 0.1) is 6.61 Å². The normalized spacial score (nSPS) is 13.6. The third kappa shape index (κ3) is 4.48. The highest BCUT2D eigenvalue weighted by atomic mass is 32.2. The molecule has 1 atom stereocenters. The van der Waals surface area contributed by atoms with Gasteiger partial charge in [-0.15, -0.1) is 0 Å². The van der Waals surface area contributed by atoms with E-state index in [-0.39, 0.29) is 16.8 Å². The summed E-state index contributed by atoms with van der Waals surface area (Å²) in [4.78, 5) is 0.0179. The summed E-state index contributed by atoms with van der Waals surface area (Å²) in [7, 11) is -3.66. The third-order valence-electron chi connectivity index (χ3n) is 2.43. The maximum Gasteiger partial charge on any atom is 0.246 e. The fraction of sp³-hybridized carbons (Fsp3) is 0.727. The SMILES string of the molecule is CCCn1cc(S(=O)(=O)NC(C)COCC)c(N)n1. The van der Waals surface area contributed by atoms with Crippen LogP contribution in [0.2, 0.25) is 0 Å². The highest BCUT2D eigenvalue weighted by Gasteiger charge is 2.23. The topological polar surface area (TPSA) is 99.2 Å². The van der Waals surface area contributed by atoms with Gasteiger partial charge in [-0.25, -0.2) is 13.1 Å². The zero-order valence-electron chi connectivity index (χ0n) is 11.6. The lowest BCUT2D eigenvalue weighted by atomic mass is 10.4. The second kappa shape index (κ2) is 6.88. The van der Waals surface area contributed by atoms with E-state index >= 15 is 0 Å². The van der Waals surface area contributed by atoms with Crippen LogP contribution in [0, 0.1) is 0 Å². The van der Waals surface area contributed by atoms with E-state index in [0.717, 1.165) is 6.42 Å². The zero-order chi connectivity index (χ0) is 14.5. The van der Waals surface area contributed by atoms with Gasteiger partial charge in [0.1, 0.15) is 4.90 Å². The van der Waals surface area contributed by atoms with E-state index in [1.807, 2.05) is 13.8 Å². The number of sulfonamides is 1. The standard InChI is InChI=1S/C11H22N4O3S/c1-4-6-15-7-10(11(12)13-15)19(16,17)14-9(3)8-18-5-2/h7,9,14H,4-6,8H2,1-3H3,(H2,12,13). The first-order valence-electron chi connectivity index (χ1n) is 6.33. The molecule has 0 aliphatic rings. The molecule has 0 spiro atoms. The molecular formula is C11H22N4O3S. The summed E-state index contributed by atoms with van der Waals surface area (Å²) in [6.45, 7) is 7.07. The largest absolute Gasteiger partial charge is 0.381 e. The number of hydrogen-bond acceptors (Lipinski definition) is 5. The van der Waals surface area contributed by atoms with E-state index < -0.39 is 10.0 Å². The summed E-state index contributed by atoms with van der Waals surface area (Å²) in [6.07, 6.45) is 2.31. The average Bonchev–Trinajstić information content (AvgIpc) is 2.68. The van der Waals surface area contributed by atoms with Crippen LogP contribution in [0.1, 0.15) is 27.2 Å². The minimum Gasteiger partial charge on any atom is -0.381 e. The maximum absolute atomic E-state index is 12.1. The molecular weight excluding hydrogens is 268 g/mol. The maximum atomic E-state index is 12.1. The number of nitrogens with zero attached hydrogens (tertiary/aromatic N) is 2. The fourth-order valence-corrected chi connectivity index (χ4v) is 2.93. The molecule has 1 rings (SSSR count). The molecule has 0 saturated heterocycles. The number of aryl methyl sites for hydroxylation is 1. The lowest BCUT2D eigenvalue weighted by molar-refractivity contribution is 0.133. The minimum atomic E-state index is -3.66. The summed E-state index contributed by atoms with van der Waals surface area (Å²) in [6, 6.07) is -0.320. The number of ether oxygens (including phenoxy) is 1. The first-order chi connectivity index (χ1) is 8.90. The van der Waals surface area contributed by atoms with Gasteiger partial charge in [0, 0.05) is 25.4 Å². The van der Waals surface area contributed by atoms with Gasteiger partial charge in [-0.05, 0) is 20.3 Å². The Morgan fingerprint density at radius 1 is 1.53 bits per heavy atom.